The Labute approximate surface area is 223 Å². The van der Waals surface area contributed by atoms with Crippen LogP contribution in [0.5, 0.6) is 28.7 Å². The average molecular weight is 513 g/mol. The largest absolute Gasteiger partial charge is 0.497 e. The first-order chi connectivity index (χ1) is 18.3. The van der Waals surface area contributed by atoms with Crippen LogP contribution in [0.25, 0.3) is 12.2 Å². The molecule has 196 valence electrons. The summed E-state index contributed by atoms with van der Waals surface area (Å²) >= 11 is 0. The number of ketones is 1. The molecule has 0 bridgehead atoms. The molecule has 2 heterocycles. The van der Waals surface area contributed by atoms with Gasteiger partial charge in [0, 0.05) is 23.1 Å². The molecule has 1 atom stereocenters. The first-order valence-electron chi connectivity index (χ1n) is 12.6. The lowest BCUT2D eigenvalue weighted by Gasteiger charge is -2.34. The second kappa shape index (κ2) is 10.3. The van der Waals surface area contributed by atoms with Crippen molar-refractivity contribution in [3.8, 4) is 28.7 Å². The van der Waals surface area contributed by atoms with E-state index in [1.54, 1.807) is 39.5 Å². The molecule has 0 saturated heterocycles. The molecule has 0 saturated carbocycles. The lowest BCUT2D eigenvalue weighted by atomic mass is 9.86. The summed E-state index contributed by atoms with van der Waals surface area (Å²) in [4.78, 5) is 13.1. The average Bonchev–Trinajstić information content (AvgIpc) is 2.94. The van der Waals surface area contributed by atoms with Gasteiger partial charge in [-0.05, 0) is 74.4 Å². The number of benzene rings is 3. The number of hydrogen-bond acceptors (Lipinski definition) is 6. The van der Waals surface area contributed by atoms with Gasteiger partial charge in [-0.25, -0.2) is 0 Å². The summed E-state index contributed by atoms with van der Waals surface area (Å²) in [5.74, 6) is 3.54. The quantitative estimate of drug-likeness (QED) is 0.266. The third-order valence-corrected chi connectivity index (χ3v) is 6.95. The maximum atomic E-state index is 13.1. The van der Waals surface area contributed by atoms with Gasteiger partial charge in [0.1, 0.15) is 34.3 Å². The van der Waals surface area contributed by atoms with Crippen LogP contribution in [0, 0.1) is 0 Å². The lowest BCUT2D eigenvalue weighted by Crippen LogP contribution is -2.29. The van der Waals surface area contributed by atoms with Crippen molar-refractivity contribution < 1.29 is 28.5 Å². The number of rotatable bonds is 7. The van der Waals surface area contributed by atoms with E-state index in [9.17, 15) is 4.79 Å². The van der Waals surface area contributed by atoms with Gasteiger partial charge < -0.3 is 23.7 Å². The number of allylic oxidation sites excluding steroid dienone is 1. The molecule has 0 amide bonds. The summed E-state index contributed by atoms with van der Waals surface area (Å²) in [7, 11) is 4.87. The Balaban J connectivity index is 1.53. The van der Waals surface area contributed by atoms with E-state index in [4.69, 9.17) is 23.7 Å². The Morgan fingerprint density at radius 3 is 2.53 bits per heavy atom. The van der Waals surface area contributed by atoms with Crippen LogP contribution in [0.4, 0.5) is 0 Å². The van der Waals surface area contributed by atoms with Crippen molar-refractivity contribution in [1.29, 1.82) is 0 Å². The third kappa shape index (κ3) is 4.86. The van der Waals surface area contributed by atoms with Crippen molar-refractivity contribution in [1.82, 2.24) is 0 Å². The van der Waals surface area contributed by atoms with E-state index in [0.717, 1.165) is 45.9 Å². The predicted octanol–water partition coefficient (Wildman–Crippen LogP) is 6.51. The van der Waals surface area contributed by atoms with Crippen LogP contribution in [0.1, 0.15) is 52.4 Å². The number of ether oxygens (including phenoxy) is 5. The summed E-state index contributed by atoms with van der Waals surface area (Å²) in [6, 6.07) is 15.1. The Hall–Kier alpha value is -4.19. The molecule has 0 radical (unpaired) electrons. The van der Waals surface area contributed by atoms with Crippen molar-refractivity contribution in [2.45, 2.75) is 31.8 Å². The Morgan fingerprint density at radius 2 is 1.76 bits per heavy atom. The van der Waals surface area contributed by atoms with E-state index in [-0.39, 0.29) is 11.7 Å². The molecule has 5 rings (SSSR count). The molecule has 0 unspecified atom stereocenters. The number of fused-ring (bicyclic) bond motifs is 3. The molecule has 3 aromatic carbocycles. The number of methoxy groups -OCH3 is 3. The molecule has 0 spiro atoms. The zero-order valence-electron chi connectivity index (χ0n) is 22.4. The minimum Gasteiger partial charge on any atom is -0.497 e. The molecule has 6 heteroatoms. The number of para-hydroxylation sites is 1. The maximum Gasteiger partial charge on any atom is 0.189 e. The van der Waals surface area contributed by atoms with Crippen molar-refractivity contribution in [2.24, 2.45) is 0 Å². The van der Waals surface area contributed by atoms with Crippen LogP contribution in [-0.4, -0.2) is 39.3 Å². The molecule has 0 N–H and O–H groups in total. The van der Waals surface area contributed by atoms with E-state index in [1.807, 2.05) is 56.3 Å². The smallest absolute Gasteiger partial charge is 0.189 e. The van der Waals surface area contributed by atoms with Crippen molar-refractivity contribution in [2.75, 3.05) is 27.9 Å². The molecule has 6 nitrogen and oxygen atoms in total. The van der Waals surface area contributed by atoms with Crippen LogP contribution in [0.3, 0.4) is 0 Å². The second-order valence-corrected chi connectivity index (χ2v) is 9.95. The molecule has 0 fully saturated rings. The van der Waals surface area contributed by atoms with Gasteiger partial charge in [0.05, 0.1) is 39.1 Å². The van der Waals surface area contributed by atoms with Crippen molar-refractivity contribution in [3.05, 3.63) is 88.5 Å². The predicted molar refractivity (Wildman–Crippen MR) is 148 cm³/mol. The normalized spacial score (nSPS) is 17.1. The zero-order chi connectivity index (χ0) is 26.9. The fourth-order valence-corrected chi connectivity index (χ4v) is 5.01. The molecule has 2 aliphatic heterocycles. The van der Waals surface area contributed by atoms with Crippen LogP contribution >= 0.6 is 0 Å². The molecule has 38 heavy (non-hydrogen) atoms. The van der Waals surface area contributed by atoms with Gasteiger partial charge in [0.2, 0.25) is 0 Å². The fourth-order valence-electron chi connectivity index (χ4n) is 5.01. The number of carbonyl (C=O) groups excluding carboxylic acids is 1. The molecular weight excluding hydrogens is 480 g/mol. The Morgan fingerprint density at radius 1 is 0.974 bits per heavy atom. The molecule has 3 aromatic rings. The first kappa shape index (κ1) is 25.5. The van der Waals surface area contributed by atoms with E-state index < -0.39 is 5.60 Å². The summed E-state index contributed by atoms with van der Waals surface area (Å²) in [5, 5.41) is 0. The standard InChI is InChI=1S/C32H32O6/c1-32(2)15-14-26-30-21(17-22(19-37-30)24-12-11-23(34-3)18-29(24)36-5)16-20(31(26)38-32)10-13-27(33)25-8-6-7-9-28(25)35-4/h6-16,18,22H,17,19H2,1-5H3/b13-10+/t22-/m0/s1. The van der Waals surface area contributed by atoms with Gasteiger partial charge in [0.15, 0.2) is 5.78 Å². The van der Waals surface area contributed by atoms with E-state index in [0.29, 0.717) is 23.7 Å². The third-order valence-electron chi connectivity index (χ3n) is 6.95. The highest BCUT2D eigenvalue weighted by Crippen LogP contribution is 2.46. The zero-order valence-corrected chi connectivity index (χ0v) is 22.4. The van der Waals surface area contributed by atoms with Gasteiger partial charge >= 0.3 is 0 Å². The van der Waals surface area contributed by atoms with Gasteiger partial charge in [-0.1, -0.05) is 18.2 Å². The summed E-state index contributed by atoms with van der Waals surface area (Å²) in [6.45, 7) is 4.53. The topological polar surface area (TPSA) is 63.2 Å². The fraction of sp³-hybridized carbons (Fsp3) is 0.281. The monoisotopic (exact) mass is 512 g/mol. The number of carbonyl (C=O) groups is 1. The molecule has 2 aliphatic rings. The van der Waals surface area contributed by atoms with Crippen molar-refractivity contribution >= 4 is 17.9 Å². The van der Waals surface area contributed by atoms with Gasteiger partial charge in [-0.3, -0.25) is 4.79 Å². The molecule has 0 aromatic heterocycles. The summed E-state index contributed by atoms with van der Waals surface area (Å²) in [5.41, 5.74) is 3.86. The van der Waals surface area contributed by atoms with Crippen LogP contribution in [-0.2, 0) is 6.42 Å². The first-order valence-corrected chi connectivity index (χ1v) is 12.6. The van der Waals surface area contributed by atoms with E-state index in [2.05, 4.69) is 12.1 Å². The minimum absolute atomic E-state index is 0.0957. The Kier molecular flexibility index (Phi) is 6.89. The van der Waals surface area contributed by atoms with E-state index >= 15 is 0 Å². The minimum atomic E-state index is -0.482. The Bertz CT molecular complexity index is 1430. The number of hydrogen-bond donors (Lipinski definition) is 0. The molecular formula is C32H32O6. The maximum absolute atomic E-state index is 13.1. The summed E-state index contributed by atoms with van der Waals surface area (Å²) < 4.78 is 29.2. The molecule has 0 aliphatic carbocycles. The highest BCUT2D eigenvalue weighted by Gasteiger charge is 2.32. The van der Waals surface area contributed by atoms with Crippen LogP contribution in [0.2, 0.25) is 0 Å². The van der Waals surface area contributed by atoms with Crippen LogP contribution in [0.15, 0.2) is 60.7 Å². The SMILES string of the molecule is COc1ccc([C@@H]2COc3c(cc(/C=C/C(=O)c4ccccc4OC)c4c3C=CC(C)(C)O4)C2)c(OC)c1. The summed E-state index contributed by atoms with van der Waals surface area (Å²) in [6.07, 6.45) is 8.24. The van der Waals surface area contributed by atoms with Crippen LogP contribution < -0.4 is 23.7 Å². The van der Waals surface area contributed by atoms with Crippen molar-refractivity contribution in [3.63, 3.8) is 0 Å². The highest BCUT2D eigenvalue weighted by atomic mass is 16.5. The van der Waals surface area contributed by atoms with Gasteiger partial charge in [0.25, 0.3) is 0 Å². The lowest BCUT2D eigenvalue weighted by molar-refractivity contribution is 0.104. The van der Waals surface area contributed by atoms with Gasteiger partial charge in [-0.2, -0.15) is 0 Å². The second-order valence-electron chi connectivity index (χ2n) is 9.95. The van der Waals surface area contributed by atoms with E-state index in [1.165, 1.54) is 0 Å². The highest BCUT2D eigenvalue weighted by molar-refractivity contribution is 6.08. The van der Waals surface area contributed by atoms with Gasteiger partial charge in [-0.15, -0.1) is 0 Å².